The van der Waals surface area contributed by atoms with Crippen LogP contribution >= 0.6 is 0 Å². The minimum Gasteiger partial charge on any atom is -0.343 e. The molecule has 3 amide bonds. The lowest BCUT2D eigenvalue weighted by atomic mass is 9.99. The van der Waals surface area contributed by atoms with E-state index in [1.54, 1.807) is 0 Å². The van der Waals surface area contributed by atoms with Crippen LogP contribution in [0.3, 0.4) is 0 Å². The van der Waals surface area contributed by atoms with Crippen LogP contribution in [-0.4, -0.2) is 47.4 Å². The Hall–Kier alpha value is -2.04. The molecule has 5 nitrogen and oxygen atoms in total. The second-order valence-electron chi connectivity index (χ2n) is 7.26. The van der Waals surface area contributed by atoms with E-state index in [9.17, 15) is 9.59 Å². The van der Waals surface area contributed by atoms with Gasteiger partial charge in [-0.05, 0) is 44.6 Å². The molecular formula is C20H29N3O2. The molecule has 1 atom stereocenters. The second-order valence-corrected chi connectivity index (χ2v) is 7.26. The summed E-state index contributed by atoms with van der Waals surface area (Å²) in [4.78, 5) is 28.4. The molecule has 1 N–H and O–H groups in total. The van der Waals surface area contributed by atoms with Gasteiger partial charge >= 0.3 is 6.03 Å². The monoisotopic (exact) mass is 343 g/mol. The van der Waals surface area contributed by atoms with Crippen molar-refractivity contribution in [1.29, 1.82) is 0 Å². The molecule has 2 heterocycles. The van der Waals surface area contributed by atoms with E-state index in [0.29, 0.717) is 13.0 Å². The zero-order valence-electron chi connectivity index (χ0n) is 15.2. The van der Waals surface area contributed by atoms with Crippen molar-refractivity contribution in [3.8, 4) is 0 Å². The summed E-state index contributed by atoms with van der Waals surface area (Å²) in [5.41, 5.74) is 2.35. The molecule has 0 bridgehead atoms. The molecule has 3 rings (SSSR count). The summed E-state index contributed by atoms with van der Waals surface area (Å²) in [6.45, 7) is 5.10. The molecule has 0 aromatic heterocycles. The number of amides is 3. The first-order valence-corrected chi connectivity index (χ1v) is 9.51. The van der Waals surface area contributed by atoms with E-state index in [2.05, 4.69) is 36.5 Å². The predicted octanol–water partition coefficient (Wildman–Crippen LogP) is 3.07. The first-order valence-electron chi connectivity index (χ1n) is 9.51. The Morgan fingerprint density at radius 1 is 1.16 bits per heavy atom. The van der Waals surface area contributed by atoms with Gasteiger partial charge in [-0.3, -0.25) is 4.79 Å². The number of carbonyl (C=O) groups excluding carboxylic acids is 2. The first-order chi connectivity index (χ1) is 12.1. The van der Waals surface area contributed by atoms with Gasteiger partial charge in [-0.2, -0.15) is 0 Å². The predicted molar refractivity (Wildman–Crippen MR) is 98.2 cm³/mol. The Kier molecular flexibility index (Phi) is 5.95. The summed E-state index contributed by atoms with van der Waals surface area (Å²) in [6.07, 6.45) is 5.83. The van der Waals surface area contributed by atoms with E-state index in [4.69, 9.17) is 0 Å². The Labute approximate surface area is 150 Å². The van der Waals surface area contributed by atoms with Gasteiger partial charge in [-0.25, -0.2) is 4.79 Å². The molecule has 0 radical (unpaired) electrons. The summed E-state index contributed by atoms with van der Waals surface area (Å²) < 4.78 is 0. The average Bonchev–Trinajstić information content (AvgIpc) is 3.04. The summed E-state index contributed by atoms with van der Waals surface area (Å²) >= 11 is 0. The molecule has 1 unspecified atom stereocenters. The molecule has 1 aromatic rings. The molecule has 2 fully saturated rings. The smallest absolute Gasteiger partial charge is 0.317 e. The molecule has 136 valence electrons. The summed E-state index contributed by atoms with van der Waals surface area (Å²) in [5, 5.41) is 3.06. The molecule has 2 aliphatic heterocycles. The van der Waals surface area contributed by atoms with Crippen LogP contribution in [0.25, 0.3) is 0 Å². The third-order valence-electron chi connectivity index (χ3n) is 5.36. The van der Waals surface area contributed by atoms with Crippen LogP contribution in [-0.2, 0) is 11.3 Å². The minimum absolute atomic E-state index is 0.0259. The molecule has 0 spiro atoms. The first kappa shape index (κ1) is 17.8. The number of piperidine rings is 1. The van der Waals surface area contributed by atoms with Crippen molar-refractivity contribution in [3.63, 3.8) is 0 Å². The van der Waals surface area contributed by atoms with E-state index in [-0.39, 0.29) is 18.0 Å². The van der Waals surface area contributed by atoms with Crippen LogP contribution in [0.1, 0.15) is 49.7 Å². The van der Waals surface area contributed by atoms with Crippen LogP contribution in [0.2, 0.25) is 0 Å². The lowest BCUT2D eigenvalue weighted by Gasteiger charge is -2.36. The van der Waals surface area contributed by atoms with E-state index >= 15 is 0 Å². The van der Waals surface area contributed by atoms with Gasteiger partial charge in [0.25, 0.3) is 0 Å². The van der Waals surface area contributed by atoms with Crippen LogP contribution in [0.4, 0.5) is 4.79 Å². The molecule has 2 aliphatic rings. The summed E-state index contributed by atoms with van der Waals surface area (Å²) in [6, 6.07) is 8.53. The molecule has 0 saturated carbocycles. The number of aryl methyl sites for hydroxylation is 1. The van der Waals surface area contributed by atoms with Crippen LogP contribution in [0.15, 0.2) is 24.3 Å². The number of hydrogen-bond acceptors (Lipinski definition) is 2. The molecule has 0 aliphatic carbocycles. The zero-order valence-corrected chi connectivity index (χ0v) is 15.2. The number of urea groups is 1. The van der Waals surface area contributed by atoms with Crippen molar-refractivity contribution >= 4 is 11.9 Å². The maximum atomic E-state index is 12.6. The maximum Gasteiger partial charge on any atom is 0.317 e. The van der Waals surface area contributed by atoms with Crippen LogP contribution in [0, 0.1) is 6.92 Å². The number of nitrogens with one attached hydrogen (secondary N) is 1. The Morgan fingerprint density at radius 2 is 1.96 bits per heavy atom. The molecule has 25 heavy (non-hydrogen) atoms. The summed E-state index contributed by atoms with van der Waals surface area (Å²) in [5.74, 6) is 0.270. The van der Waals surface area contributed by atoms with Crippen LogP contribution < -0.4 is 5.32 Å². The topological polar surface area (TPSA) is 52.7 Å². The zero-order chi connectivity index (χ0) is 17.6. The van der Waals surface area contributed by atoms with Crippen molar-refractivity contribution in [1.82, 2.24) is 15.1 Å². The SMILES string of the molecule is Cc1ccc(CNC(=O)N2CCCCC2CCN2CCCC2=O)cc1. The van der Waals surface area contributed by atoms with Crippen LogP contribution in [0.5, 0.6) is 0 Å². The van der Waals surface area contributed by atoms with Gasteiger partial charge in [0.05, 0.1) is 0 Å². The lowest BCUT2D eigenvalue weighted by Crippen LogP contribution is -2.49. The highest BCUT2D eigenvalue weighted by Crippen LogP contribution is 2.21. The highest BCUT2D eigenvalue weighted by molar-refractivity contribution is 5.78. The number of benzene rings is 1. The van der Waals surface area contributed by atoms with Crippen molar-refractivity contribution in [3.05, 3.63) is 35.4 Å². The Bertz CT molecular complexity index is 599. The fraction of sp³-hybridized carbons (Fsp3) is 0.600. The third-order valence-corrected chi connectivity index (χ3v) is 5.36. The van der Waals surface area contributed by atoms with Crippen molar-refractivity contribution in [2.24, 2.45) is 0 Å². The fourth-order valence-corrected chi connectivity index (χ4v) is 3.80. The summed E-state index contributed by atoms with van der Waals surface area (Å²) in [7, 11) is 0. The van der Waals surface area contributed by atoms with Gasteiger partial charge in [-0.15, -0.1) is 0 Å². The second kappa shape index (κ2) is 8.37. The lowest BCUT2D eigenvalue weighted by molar-refractivity contribution is -0.127. The standard InChI is InChI=1S/C20H29N3O2/c1-16-7-9-17(10-8-16)15-21-20(25)23-13-3-2-5-18(23)11-14-22-12-4-6-19(22)24/h7-10,18H,2-6,11-15H2,1H3,(H,21,25). The fourth-order valence-electron chi connectivity index (χ4n) is 3.80. The number of carbonyl (C=O) groups is 2. The number of likely N-dealkylation sites (tertiary alicyclic amines) is 2. The Morgan fingerprint density at radius 3 is 2.68 bits per heavy atom. The van der Waals surface area contributed by atoms with Gasteiger partial charge < -0.3 is 15.1 Å². The van der Waals surface area contributed by atoms with Crippen molar-refractivity contribution < 1.29 is 9.59 Å². The van der Waals surface area contributed by atoms with Gasteiger partial charge in [0.2, 0.25) is 5.91 Å². The van der Waals surface area contributed by atoms with Gasteiger partial charge in [0.1, 0.15) is 0 Å². The Balaban J connectivity index is 1.51. The van der Waals surface area contributed by atoms with Gasteiger partial charge in [0, 0.05) is 38.6 Å². The minimum atomic E-state index is 0.0259. The number of nitrogens with zero attached hydrogens (tertiary/aromatic N) is 2. The number of hydrogen-bond donors (Lipinski definition) is 1. The molecule has 5 heteroatoms. The van der Waals surface area contributed by atoms with Gasteiger partial charge in [0.15, 0.2) is 0 Å². The van der Waals surface area contributed by atoms with Gasteiger partial charge in [-0.1, -0.05) is 29.8 Å². The quantitative estimate of drug-likeness (QED) is 0.893. The highest BCUT2D eigenvalue weighted by Gasteiger charge is 2.28. The largest absolute Gasteiger partial charge is 0.343 e. The van der Waals surface area contributed by atoms with E-state index < -0.39 is 0 Å². The third kappa shape index (κ3) is 4.74. The molecule has 1 aromatic carbocycles. The maximum absolute atomic E-state index is 12.6. The van der Waals surface area contributed by atoms with E-state index in [1.807, 2.05) is 9.80 Å². The average molecular weight is 343 g/mol. The number of rotatable bonds is 5. The van der Waals surface area contributed by atoms with Crippen molar-refractivity contribution in [2.45, 2.75) is 58.0 Å². The molecule has 2 saturated heterocycles. The van der Waals surface area contributed by atoms with E-state index in [0.717, 1.165) is 50.9 Å². The normalized spacial score (nSPS) is 20.8. The van der Waals surface area contributed by atoms with E-state index in [1.165, 1.54) is 12.0 Å². The highest BCUT2D eigenvalue weighted by atomic mass is 16.2. The van der Waals surface area contributed by atoms with Crippen molar-refractivity contribution in [2.75, 3.05) is 19.6 Å². The molecular weight excluding hydrogens is 314 g/mol.